The summed E-state index contributed by atoms with van der Waals surface area (Å²) in [5.41, 5.74) is 4.32. The number of methoxy groups -OCH3 is 1. The Bertz CT molecular complexity index is 1560. The monoisotopic (exact) mass is 610 g/mol. The first-order valence-corrected chi connectivity index (χ1v) is 16.0. The van der Waals surface area contributed by atoms with Gasteiger partial charge in [0.05, 0.1) is 43.8 Å². The summed E-state index contributed by atoms with van der Waals surface area (Å²) in [6.07, 6.45) is 11.8. The fourth-order valence-corrected chi connectivity index (χ4v) is 6.12. The maximum Gasteiger partial charge on any atom is 0.212 e. The van der Waals surface area contributed by atoms with Gasteiger partial charge in [-0.05, 0) is 49.6 Å². The van der Waals surface area contributed by atoms with Crippen LogP contribution in [0.4, 0.5) is 5.82 Å². The van der Waals surface area contributed by atoms with Crippen molar-refractivity contribution < 1.29 is 14.2 Å². The van der Waals surface area contributed by atoms with Gasteiger partial charge in [-0.2, -0.15) is 10.4 Å². The molecule has 0 saturated carbocycles. The van der Waals surface area contributed by atoms with Crippen LogP contribution in [0.5, 0.6) is 11.6 Å². The van der Waals surface area contributed by atoms with Crippen molar-refractivity contribution in [1.82, 2.24) is 29.4 Å². The molecule has 0 atom stereocenters. The van der Waals surface area contributed by atoms with Gasteiger partial charge in [0.1, 0.15) is 24.2 Å². The van der Waals surface area contributed by atoms with E-state index in [9.17, 15) is 5.26 Å². The minimum absolute atomic E-state index is 0.528. The zero-order valence-corrected chi connectivity index (χ0v) is 26.1. The lowest BCUT2D eigenvalue weighted by Crippen LogP contribution is -2.38. The second-order valence-corrected chi connectivity index (χ2v) is 11.6. The molecule has 0 aliphatic carbocycles. The fourth-order valence-electron chi connectivity index (χ4n) is 6.12. The Balaban J connectivity index is 1.13. The van der Waals surface area contributed by atoms with Gasteiger partial charge >= 0.3 is 0 Å². The highest BCUT2D eigenvalue weighted by Gasteiger charge is 2.17. The van der Waals surface area contributed by atoms with Crippen molar-refractivity contribution in [2.45, 2.75) is 32.2 Å². The van der Waals surface area contributed by atoms with Crippen LogP contribution in [-0.4, -0.2) is 102 Å². The minimum atomic E-state index is 0.528. The minimum Gasteiger partial charge on any atom is -0.491 e. The third-order valence-electron chi connectivity index (χ3n) is 8.59. The molecule has 0 N–H and O–H groups in total. The maximum absolute atomic E-state index is 9.80. The lowest BCUT2D eigenvalue weighted by atomic mass is 10.1. The van der Waals surface area contributed by atoms with E-state index < -0.39 is 0 Å². The summed E-state index contributed by atoms with van der Waals surface area (Å²) in [5, 5.41) is 14.2. The lowest BCUT2D eigenvalue weighted by Gasteiger charge is -2.29. The Morgan fingerprint density at radius 2 is 1.73 bits per heavy atom. The summed E-state index contributed by atoms with van der Waals surface area (Å²) in [6, 6.07) is 12.5. The molecule has 6 heterocycles. The molecule has 2 aliphatic heterocycles. The molecule has 0 aromatic carbocycles. The number of hydrogen-bond donors (Lipinski definition) is 0. The maximum atomic E-state index is 9.80. The van der Waals surface area contributed by atoms with Crippen molar-refractivity contribution in [2.75, 3.05) is 77.6 Å². The number of aromatic nitrogens is 4. The number of hydrogen-bond acceptors (Lipinski definition) is 10. The van der Waals surface area contributed by atoms with Crippen LogP contribution in [-0.2, 0) is 11.3 Å². The molecule has 4 aromatic rings. The van der Waals surface area contributed by atoms with Crippen LogP contribution in [0.25, 0.3) is 16.6 Å². The quantitative estimate of drug-likeness (QED) is 0.273. The van der Waals surface area contributed by atoms with Gasteiger partial charge in [-0.15, -0.1) is 0 Å². The molecule has 2 aliphatic rings. The molecule has 11 nitrogen and oxygen atoms in total. The van der Waals surface area contributed by atoms with Crippen LogP contribution in [0.1, 0.15) is 36.8 Å². The molecule has 0 radical (unpaired) electrons. The van der Waals surface area contributed by atoms with Crippen LogP contribution in [0, 0.1) is 11.3 Å². The van der Waals surface area contributed by atoms with Gasteiger partial charge in [0.25, 0.3) is 0 Å². The van der Waals surface area contributed by atoms with Gasteiger partial charge in [-0.25, -0.2) is 14.5 Å². The molecule has 4 aromatic heterocycles. The number of ether oxygens (including phenoxy) is 3. The van der Waals surface area contributed by atoms with Gasteiger partial charge < -0.3 is 19.1 Å². The van der Waals surface area contributed by atoms with Crippen molar-refractivity contribution in [3.8, 4) is 28.8 Å². The first kappa shape index (κ1) is 30.8. The van der Waals surface area contributed by atoms with E-state index in [4.69, 9.17) is 19.2 Å². The van der Waals surface area contributed by atoms with E-state index in [1.165, 1.54) is 18.4 Å². The summed E-state index contributed by atoms with van der Waals surface area (Å²) in [7, 11) is 1.64. The molecule has 2 saturated heterocycles. The molecule has 0 bridgehead atoms. The zero-order valence-electron chi connectivity index (χ0n) is 26.1. The van der Waals surface area contributed by atoms with E-state index in [1.54, 1.807) is 17.8 Å². The average Bonchev–Trinajstić information content (AvgIpc) is 3.51. The summed E-state index contributed by atoms with van der Waals surface area (Å²) in [6.45, 7) is 9.74. The van der Waals surface area contributed by atoms with Crippen molar-refractivity contribution in [2.24, 2.45) is 0 Å². The topological polar surface area (TPSA) is 104 Å². The SMILES string of the molecule is COc1ccc(CN2CCCCCN(c3ccc(-c4cc(OCCN5CCOCC5)cn5ncc(C#N)c45)cn3)CCC2)cn1. The third-order valence-corrected chi connectivity index (χ3v) is 8.59. The zero-order chi connectivity index (χ0) is 30.8. The Labute approximate surface area is 264 Å². The van der Waals surface area contributed by atoms with Gasteiger partial charge in [0.2, 0.25) is 5.88 Å². The predicted molar refractivity (Wildman–Crippen MR) is 173 cm³/mol. The number of anilines is 1. The number of nitriles is 1. The third kappa shape index (κ3) is 7.89. The molecule has 236 valence electrons. The normalized spacial score (nSPS) is 17.2. The van der Waals surface area contributed by atoms with Gasteiger partial charge in [0.15, 0.2) is 0 Å². The molecule has 2 fully saturated rings. The van der Waals surface area contributed by atoms with Crippen LogP contribution in [0.2, 0.25) is 0 Å². The van der Waals surface area contributed by atoms with Crippen molar-refractivity contribution in [1.29, 1.82) is 5.26 Å². The summed E-state index contributed by atoms with van der Waals surface area (Å²) >= 11 is 0. The largest absolute Gasteiger partial charge is 0.491 e. The molecule has 11 heteroatoms. The second kappa shape index (κ2) is 15.2. The van der Waals surface area contributed by atoms with Crippen molar-refractivity contribution in [3.63, 3.8) is 0 Å². The van der Waals surface area contributed by atoms with E-state index in [2.05, 4.69) is 49.1 Å². The molecule has 45 heavy (non-hydrogen) atoms. The van der Waals surface area contributed by atoms with Gasteiger partial charge in [0, 0.05) is 75.4 Å². The highest BCUT2D eigenvalue weighted by molar-refractivity contribution is 5.85. The van der Waals surface area contributed by atoms with Gasteiger partial charge in [-0.3, -0.25) is 9.80 Å². The molecule has 6 rings (SSSR count). The van der Waals surface area contributed by atoms with Crippen molar-refractivity contribution in [3.05, 3.63) is 66.2 Å². The van der Waals surface area contributed by atoms with Gasteiger partial charge in [-0.1, -0.05) is 12.5 Å². The number of pyridine rings is 3. The molecule has 0 amide bonds. The number of fused-ring (bicyclic) bond motifs is 1. The lowest BCUT2D eigenvalue weighted by molar-refractivity contribution is 0.0322. The Kier molecular flexibility index (Phi) is 10.4. The molecular formula is C34H42N8O3. The first-order valence-electron chi connectivity index (χ1n) is 16.0. The summed E-state index contributed by atoms with van der Waals surface area (Å²) in [5.74, 6) is 2.34. The van der Waals surface area contributed by atoms with Crippen LogP contribution in [0.15, 0.2) is 55.1 Å². The Hall–Kier alpha value is -4.24. The van der Waals surface area contributed by atoms with Crippen molar-refractivity contribution >= 4 is 11.3 Å². The second-order valence-electron chi connectivity index (χ2n) is 11.6. The molecule has 0 spiro atoms. The number of nitrogens with zero attached hydrogens (tertiary/aromatic N) is 8. The van der Waals surface area contributed by atoms with E-state index in [1.807, 2.05) is 30.7 Å². The Morgan fingerprint density at radius 1 is 0.889 bits per heavy atom. The smallest absolute Gasteiger partial charge is 0.212 e. The first-order chi connectivity index (χ1) is 22.2. The molecular weight excluding hydrogens is 568 g/mol. The molecule has 0 unspecified atom stereocenters. The summed E-state index contributed by atoms with van der Waals surface area (Å²) < 4.78 is 18.6. The van der Waals surface area contributed by atoms with Crippen LogP contribution < -0.4 is 14.4 Å². The van der Waals surface area contributed by atoms with Crippen LogP contribution in [0.3, 0.4) is 0 Å². The van der Waals surface area contributed by atoms with Crippen LogP contribution >= 0.6 is 0 Å². The van der Waals surface area contributed by atoms with E-state index in [0.717, 1.165) is 101 Å². The van der Waals surface area contributed by atoms with E-state index >= 15 is 0 Å². The number of rotatable bonds is 9. The predicted octanol–water partition coefficient (Wildman–Crippen LogP) is 4.27. The highest BCUT2D eigenvalue weighted by Crippen LogP contribution is 2.31. The fraction of sp³-hybridized carbons (Fsp3) is 0.471. The van der Waals surface area contributed by atoms with E-state index in [-0.39, 0.29) is 0 Å². The highest BCUT2D eigenvalue weighted by atomic mass is 16.5. The Morgan fingerprint density at radius 3 is 2.51 bits per heavy atom. The average molecular weight is 611 g/mol. The van der Waals surface area contributed by atoms with E-state index in [0.29, 0.717) is 23.8 Å². The summed E-state index contributed by atoms with van der Waals surface area (Å²) in [4.78, 5) is 16.6. The number of morpholine rings is 1. The standard InChI is InChI=1S/C34H42N8O3/c1-43-33-9-6-27(22-37-33)25-40-10-3-2-4-12-41(13-5-11-40)32-8-7-28(23-36-32)31-20-30(26-42-34(31)29(21-35)24-38-42)45-19-16-39-14-17-44-18-15-39/h6-9,20,22-24,26H,2-5,10-19,25H2,1H3.